The van der Waals surface area contributed by atoms with Crippen LogP contribution in [0.4, 0.5) is 5.82 Å². The molecule has 5 nitrogen and oxygen atoms in total. The Morgan fingerprint density at radius 1 is 1.62 bits per heavy atom. The van der Waals surface area contributed by atoms with Crippen LogP contribution in [-0.4, -0.2) is 20.9 Å². The van der Waals surface area contributed by atoms with Gasteiger partial charge in [0.25, 0.3) is 0 Å². The highest BCUT2D eigenvalue weighted by Gasteiger charge is 2.22. The average molecular weight is 258 g/mol. The van der Waals surface area contributed by atoms with Crippen molar-refractivity contribution in [3.63, 3.8) is 0 Å². The number of aromatic carboxylic acids is 1. The minimum Gasteiger partial charge on any atom is -0.476 e. The summed E-state index contributed by atoms with van der Waals surface area (Å²) in [5.74, 6) is -0.789. The summed E-state index contributed by atoms with van der Waals surface area (Å²) in [6, 6.07) is 3.42. The van der Waals surface area contributed by atoms with Crippen molar-refractivity contribution in [2.24, 2.45) is 7.05 Å². The molecule has 0 aromatic carbocycles. The molecule has 0 aliphatic rings. The fourth-order valence-corrected chi connectivity index (χ4v) is 2.48. The molecule has 0 atom stereocenters. The lowest BCUT2D eigenvalue weighted by Gasteiger charge is -1.97. The lowest BCUT2D eigenvalue weighted by atomic mass is 10.2. The van der Waals surface area contributed by atoms with E-state index < -0.39 is 5.97 Å². The number of rotatable bonds is 2. The third-order valence-corrected chi connectivity index (χ3v) is 3.36. The fourth-order valence-electron chi connectivity index (χ4n) is 1.38. The van der Waals surface area contributed by atoms with E-state index in [-0.39, 0.29) is 5.69 Å². The summed E-state index contributed by atoms with van der Waals surface area (Å²) in [4.78, 5) is 11.7. The first kappa shape index (κ1) is 11.0. The maximum Gasteiger partial charge on any atom is 0.357 e. The van der Waals surface area contributed by atoms with Gasteiger partial charge in [-0.05, 0) is 12.1 Å². The second-order valence-electron chi connectivity index (χ2n) is 3.14. The van der Waals surface area contributed by atoms with E-state index in [9.17, 15) is 4.79 Å². The summed E-state index contributed by atoms with van der Waals surface area (Å²) >= 11 is 7.07. The molecule has 2 aromatic heterocycles. The number of nitrogens with two attached hydrogens (primary N) is 1. The second kappa shape index (κ2) is 3.80. The third-order valence-electron chi connectivity index (χ3n) is 2.11. The predicted molar refractivity (Wildman–Crippen MR) is 62.9 cm³/mol. The SMILES string of the molecule is Cn1nc(C(=O)O)c(-c2ccc(Cl)s2)c1N. The minimum absolute atomic E-state index is 0.0569. The number of thiophene rings is 1. The topological polar surface area (TPSA) is 81.1 Å². The molecule has 84 valence electrons. The maximum atomic E-state index is 11.0. The van der Waals surface area contributed by atoms with Crippen LogP contribution in [-0.2, 0) is 7.05 Å². The van der Waals surface area contributed by atoms with Crippen molar-refractivity contribution in [3.8, 4) is 10.4 Å². The van der Waals surface area contributed by atoms with Crippen molar-refractivity contribution in [2.45, 2.75) is 0 Å². The highest BCUT2D eigenvalue weighted by Crippen LogP contribution is 2.36. The number of hydrogen-bond donors (Lipinski definition) is 2. The molecular weight excluding hydrogens is 250 g/mol. The van der Waals surface area contributed by atoms with Gasteiger partial charge in [0, 0.05) is 11.9 Å². The van der Waals surface area contributed by atoms with Crippen LogP contribution >= 0.6 is 22.9 Å². The van der Waals surface area contributed by atoms with Gasteiger partial charge in [-0.3, -0.25) is 4.68 Å². The van der Waals surface area contributed by atoms with Crippen molar-refractivity contribution >= 4 is 34.7 Å². The van der Waals surface area contributed by atoms with E-state index in [2.05, 4.69) is 5.10 Å². The molecule has 16 heavy (non-hydrogen) atoms. The smallest absolute Gasteiger partial charge is 0.357 e. The molecule has 0 radical (unpaired) electrons. The molecule has 0 aliphatic heterocycles. The normalized spacial score (nSPS) is 10.6. The number of hydrogen-bond acceptors (Lipinski definition) is 4. The van der Waals surface area contributed by atoms with E-state index >= 15 is 0 Å². The lowest BCUT2D eigenvalue weighted by molar-refractivity contribution is 0.0690. The van der Waals surface area contributed by atoms with Crippen LogP contribution in [0, 0.1) is 0 Å². The standard InChI is InChI=1S/C9H8ClN3O2S/c1-13-8(11)6(7(12-13)9(14)15)4-2-3-5(10)16-4/h2-3H,11H2,1H3,(H,14,15). The van der Waals surface area contributed by atoms with Crippen LogP contribution in [0.15, 0.2) is 12.1 Å². The molecule has 7 heteroatoms. The predicted octanol–water partition coefficient (Wildman–Crippen LogP) is 2.08. The lowest BCUT2D eigenvalue weighted by Crippen LogP contribution is -2.00. The molecule has 0 aliphatic carbocycles. The molecule has 0 unspecified atom stereocenters. The van der Waals surface area contributed by atoms with Crippen LogP contribution in [0.2, 0.25) is 4.34 Å². The number of carbonyl (C=O) groups is 1. The van der Waals surface area contributed by atoms with Crippen LogP contribution in [0.1, 0.15) is 10.5 Å². The molecular formula is C9H8ClN3O2S. The molecule has 0 amide bonds. The van der Waals surface area contributed by atoms with Crippen LogP contribution in [0.5, 0.6) is 0 Å². The molecule has 0 saturated carbocycles. The highest BCUT2D eigenvalue weighted by molar-refractivity contribution is 7.19. The number of aryl methyl sites for hydroxylation is 1. The van der Waals surface area contributed by atoms with Crippen molar-refractivity contribution in [1.82, 2.24) is 9.78 Å². The fraction of sp³-hybridized carbons (Fsp3) is 0.111. The average Bonchev–Trinajstić information content (AvgIpc) is 2.73. The Hall–Kier alpha value is -1.53. The number of nitrogens with zero attached hydrogens (tertiary/aromatic N) is 2. The Morgan fingerprint density at radius 3 is 2.81 bits per heavy atom. The van der Waals surface area contributed by atoms with Gasteiger partial charge in [0.1, 0.15) is 5.82 Å². The largest absolute Gasteiger partial charge is 0.476 e. The van der Waals surface area contributed by atoms with Crippen LogP contribution < -0.4 is 5.73 Å². The number of nitrogen functional groups attached to an aromatic ring is 1. The van der Waals surface area contributed by atoms with Gasteiger partial charge in [0.15, 0.2) is 5.69 Å². The van der Waals surface area contributed by atoms with Crippen molar-refractivity contribution in [2.75, 3.05) is 5.73 Å². The first-order valence-corrected chi connectivity index (χ1v) is 5.51. The zero-order valence-corrected chi connectivity index (χ0v) is 9.84. The summed E-state index contributed by atoms with van der Waals surface area (Å²) in [7, 11) is 1.60. The Bertz CT molecular complexity index is 561. The van der Waals surface area contributed by atoms with E-state index in [0.717, 1.165) is 0 Å². The van der Waals surface area contributed by atoms with E-state index in [4.69, 9.17) is 22.4 Å². The zero-order chi connectivity index (χ0) is 11.9. The summed E-state index contributed by atoms with van der Waals surface area (Å²) in [6.45, 7) is 0. The first-order chi connectivity index (χ1) is 7.50. The van der Waals surface area contributed by atoms with Crippen LogP contribution in [0.3, 0.4) is 0 Å². The molecule has 0 fully saturated rings. The monoisotopic (exact) mass is 257 g/mol. The molecule has 3 N–H and O–H groups in total. The van der Waals surface area contributed by atoms with E-state index in [1.165, 1.54) is 16.0 Å². The summed E-state index contributed by atoms with van der Waals surface area (Å²) < 4.78 is 1.92. The summed E-state index contributed by atoms with van der Waals surface area (Å²) in [5.41, 5.74) is 6.15. The summed E-state index contributed by atoms with van der Waals surface area (Å²) in [6.07, 6.45) is 0. The summed E-state index contributed by atoms with van der Waals surface area (Å²) in [5, 5.41) is 12.9. The Morgan fingerprint density at radius 2 is 2.31 bits per heavy atom. The van der Waals surface area contributed by atoms with Crippen molar-refractivity contribution in [1.29, 1.82) is 0 Å². The second-order valence-corrected chi connectivity index (χ2v) is 4.86. The number of carboxylic acids is 1. The number of anilines is 1. The molecule has 2 aromatic rings. The van der Waals surface area contributed by atoms with E-state index in [1.807, 2.05) is 0 Å². The molecule has 2 rings (SSSR count). The van der Waals surface area contributed by atoms with E-state index in [0.29, 0.717) is 20.6 Å². The van der Waals surface area contributed by atoms with Gasteiger partial charge < -0.3 is 10.8 Å². The van der Waals surface area contributed by atoms with Gasteiger partial charge in [-0.1, -0.05) is 11.6 Å². The quantitative estimate of drug-likeness (QED) is 0.863. The first-order valence-electron chi connectivity index (χ1n) is 4.32. The molecule has 0 bridgehead atoms. The molecule has 0 saturated heterocycles. The third kappa shape index (κ3) is 1.66. The number of carboxylic acid groups (broad SMARTS) is 1. The Balaban J connectivity index is 2.67. The molecule has 0 spiro atoms. The van der Waals surface area contributed by atoms with Gasteiger partial charge in [0.2, 0.25) is 0 Å². The Kier molecular flexibility index (Phi) is 2.61. The zero-order valence-electron chi connectivity index (χ0n) is 8.27. The van der Waals surface area contributed by atoms with Gasteiger partial charge >= 0.3 is 5.97 Å². The van der Waals surface area contributed by atoms with E-state index in [1.54, 1.807) is 19.2 Å². The number of aromatic nitrogens is 2. The van der Waals surface area contributed by atoms with Gasteiger partial charge in [0.05, 0.1) is 9.90 Å². The van der Waals surface area contributed by atoms with Crippen molar-refractivity contribution in [3.05, 3.63) is 22.2 Å². The van der Waals surface area contributed by atoms with Crippen LogP contribution in [0.25, 0.3) is 10.4 Å². The maximum absolute atomic E-state index is 11.0. The molecule has 2 heterocycles. The highest BCUT2D eigenvalue weighted by atomic mass is 35.5. The van der Waals surface area contributed by atoms with Gasteiger partial charge in [-0.15, -0.1) is 11.3 Å². The van der Waals surface area contributed by atoms with Gasteiger partial charge in [-0.2, -0.15) is 5.10 Å². The number of halogens is 1. The minimum atomic E-state index is -1.10. The Labute approximate surface area is 100 Å². The van der Waals surface area contributed by atoms with Crippen molar-refractivity contribution < 1.29 is 9.90 Å². The van der Waals surface area contributed by atoms with Gasteiger partial charge in [-0.25, -0.2) is 4.79 Å².